The van der Waals surface area contributed by atoms with Crippen molar-refractivity contribution >= 4 is 11.6 Å². The lowest BCUT2D eigenvalue weighted by molar-refractivity contribution is -0.122. The number of piperidine rings is 1. The summed E-state index contributed by atoms with van der Waals surface area (Å²) in [7, 11) is 0. The molecule has 1 saturated heterocycles. The molecule has 1 fully saturated rings. The van der Waals surface area contributed by atoms with Crippen molar-refractivity contribution in [2.75, 3.05) is 11.9 Å². The van der Waals surface area contributed by atoms with Gasteiger partial charge in [0, 0.05) is 12.4 Å². The molecule has 21 heavy (non-hydrogen) atoms. The van der Waals surface area contributed by atoms with Gasteiger partial charge in [0.2, 0.25) is 5.91 Å². The Balaban J connectivity index is 1.83. The molecule has 0 aliphatic carbocycles. The van der Waals surface area contributed by atoms with E-state index in [4.69, 9.17) is 0 Å². The maximum Gasteiger partial charge on any atom is 0.244 e. The van der Waals surface area contributed by atoms with Crippen LogP contribution in [0.2, 0.25) is 0 Å². The van der Waals surface area contributed by atoms with E-state index in [1.807, 2.05) is 42.0 Å². The summed E-state index contributed by atoms with van der Waals surface area (Å²) in [6, 6.07) is 7.76. The minimum absolute atomic E-state index is 0.0229. The van der Waals surface area contributed by atoms with Gasteiger partial charge in [-0.15, -0.1) is 0 Å². The molecule has 5 nitrogen and oxygen atoms in total. The Bertz CT molecular complexity index is 615. The molecule has 3 rings (SSSR count). The summed E-state index contributed by atoms with van der Waals surface area (Å²) >= 11 is 0. The Morgan fingerprint density at radius 1 is 1.38 bits per heavy atom. The molecule has 2 heterocycles. The largest absolute Gasteiger partial charge is 0.323 e. The normalized spacial score (nSPS) is 22.0. The highest BCUT2D eigenvalue weighted by atomic mass is 16.2. The maximum atomic E-state index is 12.6. The molecular formula is C16H20N4O. The number of amides is 1. The monoisotopic (exact) mass is 284 g/mol. The molecule has 1 aliphatic rings. The SMILES string of the molecule is CC1(C(=O)Nc2ccccc2-n2ccnc2)CCCCN1. The summed E-state index contributed by atoms with van der Waals surface area (Å²) < 4.78 is 1.90. The second-order valence-electron chi connectivity index (χ2n) is 5.66. The van der Waals surface area contributed by atoms with Gasteiger partial charge in [-0.2, -0.15) is 0 Å². The molecule has 1 atom stereocenters. The van der Waals surface area contributed by atoms with E-state index in [1.54, 1.807) is 12.5 Å². The van der Waals surface area contributed by atoms with Crippen LogP contribution in [0.1, 0.15) is 26.2 Å². The number of nitrogens with one attached hydrogen (secondary N) is 2. The van der Waals surface area contributed by atoms with Crippen LogP contribution in [0.5, 0.6) is 0 Å². The van der Waals surface area contributed by atoms with Gasteiger partial charge in [-0.1, -0.05) is 12.1 Å². The first kappa shape index (κ1) is 13.8. The van der Waals surface area contributed by atoms with Gasteiger partial charge in [-0.25, -0.2) is 4.98 Å². The molecule has 1 amide bonds. The molecule has 0 spiro atoms. The first-order valence-electron chi connectivity index (χ1n) is 7.33. The van der Waals surface area contributed by atoms with E-state index in [9.17, 15) is 4.79 Å². The Labute approximate surface area is 124 Å². The first-order valence-corrected chi connectivity index (χ1v) is 7.33. The van der Waals surface area contributed by atoms with E-state index >= 15 is 0 Å². The van der Waals surface area contributed by atoms with Crippen molar-refractivity contribution in [2.24, 2.45) is 0 Å². The van der Waals surface area contributed by atoms with Crippen LogP contribution in [0, 0.1) is 0 Å². The second kappa shape index (κ2) is 5.69. The van der Waals surface area contributed by atoms with Crippen molar-refractivity contribution < 1.29 is 4.79 Å². The van der Waals surface area contributed by atoms with Gasteiger partial charge in [-0.3, -0.25) is 4.79 Å². The predicted molar refractivity (Wildman–Crippen MR) is 82.5 cm³/mol. The zero-order chi connectivity index (χ0) is 14.7. The number of benzene rings is 1. The van der Waals surface area contributed by atoms with Crippen LogP contribution in [0.15, 0.2) is 43.0 Å². The van der Waals surface area contributed by atoms with Gasteiger partial charge in [-0.05, 0) is 44.9 Å². The highest BCUT2D eigenvalue weighted by Crippen LogP contribution is 2.24. The Morgan fingerprint density at radius 3 is 2.95 bits per heavy atom. The quantitative estimate of drug-likeness (QED) is 0.909. The van der Waals surface area contributed by atoms with Gasteiger partial charge < -0.3 is 15.2 Å². The van der Waals surface area contributed by atoms with E-state index < -0.39 is 5.54 Å². The number of para-hydroxylation sites is 2. The van der Waals surface area contributed by atoms with E-state index in [0.29, 0.717) is 0 Å². The maximum absolute atomic E-state index is 12.6. The lowest BCUT2D eigenvalue weighted by atomic mass is 9.90. The van der Waals surface area contributed by atoms with Crippen molar-refractivity contribution in [1.82, 2.24) is 14.9 Å². The number of anilines is 1. The number of nitrogens with zero attached hydrogens (tertiary/aromatic N) is 2. The van der Waals surface area contributed by atoms with E-state index in [1.165, 1.54) is 0 Å². The summed E-state index contributed by atoms with van der Waals surface area (Å²) in [5, 5.41) is 6.40. The molecule has 0 bridgehead atoms. The second-order valence-corrected chi connectivity index (χ2v) is 5.66. The standard InChI is InChI=1S/C16H20N4O/c1-16(8-4-5-9-18-16)15(21)19-13-6-2-3-7-14(13)20-11-10-17-12-20/h2-3,6-7,10-12,18H,4-5,8-9H2,1H3,(H,19,21). The molecule has 1 unspecified atom stereocenters. The smallest absolute Gasteiger partial charge is 0.244 e. The third-order valence-electron chi connectivity index (χ3n) is 4.05. The molecule has 1 aliphatic heterocycles. The average Bonchev–Trinajstić information content (AvgIpc) is 3.02. The van der Waals surface area contributed by atoms with Crippen LogP contribution in [-0.2, 0) is 4.79 Å². The molecule has 2 N–H and O–H groups in total. The van der Waals surface area contributed by atoms with E-state index in [0.717, 1.165) is 37.2 Å². The first-order chi connectivity index (χ1) is 10.2. The minimum atomic E-state index is -0.486. The van der Waals surface area contributed by atoms with E-state index in [2.05, 4.69) is 15.6 Å². The zero-order valence-electron chi connectivity index (χ0n) is 12.2. The van der Waals surface area contributed by atoms with Crippen LogP contribution in [0.25, 0.3) is 5.69 Å². The Hall–Kier alpha value is -2.14. The fourth-order valence-corrected chi connectivity index (χ4v) is 2.72. The molecule has 0 saturated carbocycles. The number of rotatable bonds is 3. The highest BCUT2D eigenvalue weighted by Gasteiger charge is 2.34. The predicted octanol–water partition coefficient (Wildman–Crippen LogP) is 2.34. The summed E-state index contributed by atoms with van der Waals surface area (Å²) in [5.74, 6) is 0.0229. The summed E-state index contributed by atoms with van der Waals surface area (Å²) in [5.41, 5.74) is 1.23. The van der Waals surface area contributed by atoms with E-state index in [-0.39, 0.29) is 5.91 Å². The molecule has 5 heteroatoms. The fourth-order valence-electron chi connectivity index (χ4n) is 2.72. The Kier molecular flexibility index (Phi) is 3.75. The molecule has 1 aromatic heterocycles. The third kappa shape index (κ3) is 2.83. The zero-order valence-corrected chi connectivity index (χ0v) is 12.2. The number of hydrogen-bond donors (Lipinski definition) is 2. The van der Waals surface area contributed by atoms with Crippen molar-refractivity contribution in [3.8, 4) is 5.69 Å². The summed E-state index contributed by atoms with van der Waals surface area (Å²) in [6.45, 7) is 2.87. The van der Waals surface area contributed by atoms with Crippen molar-refractivity contribution in [3.63, 3.8) is 0 Å². The van der Waals surface area contributed by atoms with Gasteiger partial charge in [0.25, 0.3) is 0 Å². The molecule has 1 aromatic carbocycles. The van der Waals surface area contributed by atoms with Crippen LogP contribution in [0.3, 0.4) is 0 Å². The molecule has 2 aromatic rings. The lowest BCUT2D eigenvalue weighted by Crippen LogP contribution is -2.54. The van der Waals surface area contributed by atoms with Crippen LogP contribution in [0.4, 0.5) is 5.69 Å². The minimum Gasteiger partial charge on any atom is -0.323 e. The van der Waals surface area contributed by atoms with Crippen LogP contribution >= 0.6 is 0 Å². The molecule has 110 valence electrons. The number of hydrogen-bond acceptors (Lipinski definition) is 3. The topological polar surface area (TPSA) is 59.0 Å². The lowest BCUT2D eigenvalue weighted by Gasteiger charge is -2.33. The summed E-state index contributed by atoms with van der Waals surface area (Å²) in [4.78, 5) is 16.7. The van der Waals surface area contributed by atoms with Gasteiger partial charge >= 0.3 is 0 Å². The Morgan fingerprint density at radius 2 is 2.24 bits per heavy atom. The fraction of sp³-hybridized carbons (Fsp3) is 0.375. The number of imidazole rings is 1. The van der Waals surface area contributed by atoms with Gasteiger partial charge in [0.05, 0.1) is 23.2 Å². The van der Waals surface area contributed by atoms with Crippen LogP contribution in [-0.4, -0.2) is 27.5 Å². The highest BCUT2D eigenvalue weighted by molar-refractivity contribution is 5.99. The van der Waals surface area contributed by atoms with Crippen LogP contribution < -0.4 is 10.6 Å². The van der Waals surface area contributed by atoms with Crippen molar-refractivity contribution in [1.29, 1.82) is 0 Å². The number of carbonyl (C=O) groups excluding carboxylic acids is 1. The number of carbonyl (C=O) groups is 1. The van der Waals surface area contributed by atoms with Gasteiger partial charge in [0.1, 0.15) is 0 Å². The number of aromatic nitrogens is 2. The summed E-state index contributed by atoms with van der Waals surface area (Å²) in [6.07, 6.45) is 8.40. The molecule has 0 radical (unpaired) electrons. The van der Waals surface area contributed by atoms with Crippen molar-refractivity contribution in [2.45, 2.75) is 31.7 Å². The molecular weight excluding hydrogens is 264 g/mol. The van der Waals surface area contributed by atoms with Crippen molar-refractivity contribution in [3.05, 3.63) is 43.0 Å². The van der Waals surface area contributed by atoms with Gasteiger partial charge in [0.15, 0.2) is 0 Å². The average molecular weight is 284 g/mol. The third-order valence-corrected chi connectivity index (χ3v) is 4.05.